The Morgan fingerprint density at radius 2 is 1.86 bits per heavy atom. The van der Waals surface area contributed by atoms with Crippen LogP contribution >= 0.6 is 0 Å². The molecule has 4 nitrogen and oxygen atoms in total. The molecule has 1 aliphatic heterocycles. The summed E-state index contributed by atoms with van der Waals surface area (Å²) in [6, 6.07) is 5.72. The Balaban J connectivity index is 1.76. The lowest BCUT2D eigenvalue weighted by molar-refractivity contribution is -0.141. The van der Waals surface area contributed by atoms with E-state index in [2.05, 4.69) is 5.32 Å². The lowest BCUT2D eigenvalue weighted by atomic mass is 10.1. The van der Waals surface area contributed by atoms with Crippen molar-refractivity contribution in [1.29, 1.82) is 0 Å². The normalized spacial score (nSPS) is 23.1. The number of imide groups is 1. The summed E-state index contributed by atoms with van der Waals surface area (Å²) in [6.45, 7) is 4.08. The van der Waals surface area contributed by atoms with Gasteiger partial charge in [0.25, 0.3) is 5.91 Å². The number of nitrogens with one attached hydrogen (secondary N) is 1. The molecule has 21 heavy (non-hydrogen) atoms. The van der Waals surface area contributed by atoms with Crippen LogP contribution in [0.15, 0.2) is 18.2 Å². The lowest BCUT2D eigenvalue weighted by Crippen LogP contribution is -2.41. The Morgan fingerprint density at radius 3 is 2.57 bits per heavy atom. The molecule has 1 aliphatic carbocycles. The minimum absolute atomic E-state index is 0.0188. The minimum atomic E-state index is -0.404. The Morgan fingerprint density at radius 1 is 1.14 bits per heavy atom. The van der Waals surface area contributed by atoms with Crippen LogP contribution in [0, 0.1) is 13.8 Å². The Kier molecular flexibility index (Phi) is 3.70. The number of amides is 2. The fourth-order valence-corrected chi connectivity index (χ4v) is 3.41. The largest absolute Gasteiger partial charge is 0.373 e. The number of rotatable bonds is 3. The van der Waals surface area contributed by atoms with E-state index < -0.39 is 6.04 Å². The summed E-state index contributed by atoms with van der Waals surface area (Å²) in [6.07, 6.45) is 4.46. The van der Waals surface area contributed by atoms with Gasteiger partial charge < -0.3 is 5.32 Å². The molecule has 4 heteroatoms. The SMILES string of the molecule is Cc1cccc(NC2CC(=O)N(C3CCCC3)C2=O)c1C. The Bertz CT molecular complexity index is 576. The van der Waals surface area contributed by atoms with E-state index in [1.54, 1.807) is 0 Å². The van der Waals surface area contributed by atoms with Crippen LogP contribution in [0.25, 0.3) is 0 Å². The van der Waals surface area contributed by atoms with Crippen molar-refractivity contribution in [3.63, 3.8) is 0 Å². The van der Waals surface area contributed by atoms with Crippen molar-refractivity contribution < 1.29 is 9.59 Å². The molecule has 1 N–H and O–H groups in total. The summed E-state index contributed by atoms with van der Waals surface area (Å²) in [7, 11) is 0. The van der Waals surface area contributed by atoms with Gasteiger partial charge in [0.1, 0.15) is 6.04 Å². The van der Waals surface area contributed by atoms with Crippen LogP contribution in [-0.4, -0.2) is 28.8 Å². The third-order valence-electron chi connectivity index (χ3n) is 4.81. The van der Waals surface area contributed by atoms with E-state index in [1.165, 1.54) is 10.5 Å². The molecule has 1 saturated carbocycles. The first-order valence-electron chi connectivity index (χ1n) is 7.76. The second kappa shape index (κ2) is 5.51. The van der Waals surface area contributed by atoms with Crippen LogP contribution in [-0.2, 0) is 9.59 Å². The van der Waals surface area contributed by atoms with Gasteiger partial charge in [0, 0.05) is 11.7 Å². The van der Waals surface area contributed by atoms with Crippen LogP contribution in [0.2, 0.25) is 0 Å². The van der Waals surface area contributed by atoms with E-state index in [-0.39, 0.29) is 24.3 Å². The van der Waals surface area contributed by atoms with Crippen molar-refractivity contribution in [1.82, 2.24) is 4.90 Å². The van der Waals surface area contributed by atoms with E-state index in [1.807, 2.05) is 32.0 Å². The number of carbonyl (C=O) groups excluding carboxylic acids is 2. The fraction of sp³-hybridized carbons (Fsp3) is 0.529. The summed E-state index contributed by atoms with van der Waals surface area (Å²) >= 11 is 0. The van der Waals surface area contributed by atoms with Crippen LogP contribution in [0.1, 0.15) is 43.2 Å². The molecule has 1 aromatic carbocycles. The third-order valence-corrected chi connectivity index (χ3v) is 4.81. The molecule has 1 atom stereocenters. The molecule has 112 valence electrons. The highest BCUT2D eigenvalue weighted by Gasteiger charge is 2.43. The first-order valence-corrected chi connectivity index (χ1v) is 7.76. The number of hydrogen-bond acceptors (Lipinski definition) is 3. The molecule has 3 rings (SSSR count). The summed E-state index contributed by atoms with van der Waals surface area (Å²) in [4.78, 5) is 26.3. The van der Waals surface area contributed by atoms with Gasteiger partial charge in [-0.15, -0.1) is 0 Å². The number of anilines is 1. The standard InChI is InChI=1S/C17H22N2O2/c1-11-6-5-9-14(12(11)2)18-15-10-16(20)19(17(15)21)13-7-3-4-8-13/h5-6,9,13,15,18H,3-4,7-8,10H2,1-2H3. The van der Waals surface area contributed by atoms with Gasteiger partial charge in [0.15, 0.2) is 0 Å². The molecule has 1 saturated heterocycles. The maximum atomic E-state index is 12.5. The zero-order chi connectivity index (χ0) is 15.0. The first kappa shape index (κ1) is 14.1. The molecule has 1 heterocycles. The van der Waals surface area contributed by atoms with Gasteiger partial charge >= 0.3 is 0 Å². The second-order valence-electron chi connectivity index (χ2n) is 6.19. The van der Waals surface area contributed by atoms with E-state index in [9.17, 15) is 9.59 Å². The van der Waals surface area contributed by atoms with Crippen LogP contribution in [0.4, 0.5) is 5.69 Å². The molecule has 0 radical (unpaired) electrons. The van der Waals surface area contributed by atoms with Gasteiger partial charge in [-0.05, 0) is 43.9 Å². The van der Waals surface area contributed by atoms with Crippen LogP contribution in [0.3, 0.4) is 0 Å². The molecule has 0 aromatic heterocycles. The molecule has 0 spiro atoms. The number of nitrogens with zero attached hydrogens (tertiary/aromatic N) is 1. The third kappa shape index (κ3) is 2.55. The number of aryl methyl sites for hydroxylation is 1. The molecular formula is C17H22N2O2. The zero-order valence-corrected chi connectivity index (χ0v) is 12.7. The van der Waals surface area contributed by atoms with Crippen molar-refractivity contribution in [3.05, 3.63) is 29.3 Å². The minimum Gasteiger partial charge on any atom is -0.373 e. The Labute approximate surface area is 125 Å². The van der Waals surface area contributed by atoms with Crippen LogP contribution in [0.5, 0.6) is 0 Å². The summed E-state index contributed by atoms with van der Waals surface area (Å²) in [5, 5.41) is 3.27. The van der Waals surface area contributed by atoms with E-state index in [4.69, 9.17) is 0 Å². The summed E-state index contributed by atoms with van der Waals surface area (Å²) in [5.41, 5.74) is 3.27. The van der Waals surface area contributed by atoms with Crippen molar-refractivity contribution in [2.45, 2.75) is 58.0 Å². The van der Waals surface area contributed by atoms with E-state index in [0.717, 1.165) is 36.9 Å². The van der Waals surface area contributed by atoms with Crippen molar-refractivity contribution in [2.75, 3.05) is 5.32 Å². The Hall–Kier alpha value is -1.84. The van der Waals surface area contributed by atoms with Crippen molar-refractivity contribution in [2.24, 2.45) is 0 Å². The van der Waals surface area contributed by atoms with E-state index >= 15 is 0 Å². The molecule has 2 aliphatic rings. The highest BCUT2D eigenvalue weighted by molar-refractivity contribution is 6.07. The highest BCUT2D eigenvalue weighted by atomic mass is 16.2. The maximum absolute atomic E-state index is 12.5. The number of carbonyl (C=O) groups is 2. The van der Waals surface area contributed by atoms with Gasteiger partial charge in [0.2, 0.25) is 5.91 Å². The quantitative estimate of drug-likeness (QED) is 0.869. The fourth-order valence-electron chi connectivity index (χ4n) is 3.41. The number of hydrogen-bond donors (Lipinski definition) is 1. The van der Waals surface area contributed by atoms with E-state index in [0.29, 0.717) is 0 Å². The molecule has 1 aromatic rings. The van der Waals surface area contributed by atoms with Crippen molar-refractivity contribution >= 4 is 17.5 Å². The monoisotopic (exact) mass is 286 g/mol. The average Bonchev–Trinajstić information content (AvgIpc) is 3.04. The van der Waals surface area contributed by atoms with Crippen LogP contribution < -0.4 is 5.32 Å². The average molecular weight is 286 g/mol. The lowest BCUT2D eigenvalue weighted by Gasteiger charge is -2.22. The van der Waals surface area contributed by atoms with Crippen molar-refractivity contribution in [3.8, 4) is 0 Å². The smallest absolute Gasteiger partial charge is 0.252 e. The predicted octanol–water partition coefficient (Wildman–Crippen LogP) is 2.79. The molecule has 2 fully saturated rings. The predicted molar refractivity (Wildman–Crippen MR) is 82.1 cm³/mol. The van der Waals surface area contributed by atoms with Gasteiger partial charge in [-0.25, -0.2) is 0 Å². The summed E-state index contributed by atoms with van der Waals surface area (Å²) in [5.74, 6) is -0.0671. The summed E-state index contributed by atoms with van der Waals surface area (Å²) < 4.78 is 0. The topological polar surface area (TPSA) is 49.4 Å². The second-order valence-corrected chi connectivity index (χ2v) is 6.19. The number of benzene rings is 1. The molecule has 2 amide bonds. The molecule has 0 bridgehead atoms. The number of likely N-dealkylation sites (tertiary alicyclic amines) is 1. The van der Waals surface area contributed by atoms with Gasteiger partial charge in [0.05, 0.1) is 6.42 Å². The zero-order valence-electron chi connectivity index (χ0n) is 12.7. The van der Waals surface area contributed by atoms with Gasteiger partial charge in [-0.1, -0.05) is 25.0 Å². The maximum Gasteiger partial charge on any atom is 0.252 e. The van der Waals surface area contributed by atoms with Gasteiger partial charge in [-0.2, -0.15) is 0 Å². The molecule has 1 unspecified atom stereocenters. The highest BCUT2D eigenvalue weighted by Crippen LogP contribution is 2.30. The van der Waals surface area contributed by atoms with Gasteiger partial charge in [-0.3, -0.25) is 14.5 Å². The molecular weight excluding hydrogens is 264 g/mol. The first-order chi connectivity index (χ1) is 10.1.